The van der Waals surface area contributed by atoms with Crippen LogP contribution in [0.1, 0.15) is 9.49 Å². The van der Waals surface area contributed by atoms with Crippen molar-refractivity contribution in [3.05, 3.63) is 49.1 Å². The van der Waals surface area contributed by atoms with Crippen LogP contribution in [0.3, 0.4) is 0 Å². The summed E-state index contributed by atoms with van der Waals surface area (Å²) in [4.78, 5) is 10.9. The Kier molecular flexibility index (Phi) is 6.74. The van der Waals surface area contributed by atoms with Crippen LogP contribution in [0, 0.1) is 7.14 Å². The zero-order valence-electron chi connectivity index (χ0n) is 11.5. The Hall–Kier alpha value is -0.340. The zero-order valence-corrected chi connectivity index (χ0v) is 18.0. The fourth-order valence-corrected chi connectivity index (χ4v) is 3.50. The molecular formula is C15H12I3NO4. The fraction of sp³-hybridized carbons (Fsp3) is 0.133. The average molecular weight is 651 g/mol. The second-order valence-corrected chi connectivity index (χ2v) is 8.34. The van der Waals surface area contributed by atoms with Gasteiger partial charge in [-0.2, -0.15) is 0 Å². The summed E-state index contributed by atoms with van der Waals surface area (Å²) in [5.41, 5.74) is 6.46. The molecule has 122 valence electrons. The normalized spacial score (nSPS) is 13.4. The number of phenols is 1. The molecule has 2 atom stereocenters. The Bertz CT molecular complexity index is 721. The number of aromatic hydroxyl groups is 1. The Morgan fingerprint density at radius 3 is 2.30 bits per heavy atom. The Labute approximate surface area is 174 Å². The molecule has 0 aromatic heterocycles. The van der Waals surface area contributed by atoms with E-state index in [4.69, 9.17) is 15.6 Å². The van der Waals surface area contributed by atoms with E-state index in [0.29, 0.717) is 15.1 Å². The highest BCUT2D eigenvalue weighted by atomic mass is 127. The molecule has 0 unspecified atom stereocenters. The van der Waals surface area contributed by atoms with Crippen LogP contribution in [0.2, 0.25) is 0 Å². The summed E-state index contributed by atoms with van der Waals surface area (Å²) in [5, 5.41) is 18.6. The van der Waals surface area contributed by atoms with Crippen LogP contribution >= 0.6 is 67.8 Å². The lowest BCUT2D eigenvalue weighted by atomic mass is 10.1. The molecule has 0 spiro atoms. The molecule has 23 heavy (non-hydrogen) atoms. The van der Waals surface area contributed by atoms with E-state index in [1.54, 1.807) is 36.4 Å². The second kappa shape index (κ2) is 8.16. The molecule has 0 aliphatic rings. The van der Waals surface area contributed by atoms with Crippen molar-refractivity contribution >= 4 is 73.7 Å². The molecule has 2 aromatic carbocycles. The van der Waals surface area contributed by atoms with Gasteiger partial charge >= 0.3 is 5.97 Å². The molecule has 0 amide bonds. The number of phenolic OH excluding ortho intramolecular Hbond substituents is 1. The van der Waals surface area contributed by atoms with Crippen LogP contribution in [0.5, 0.6) is 17.2 Å². The molecule has 2 aromatic rings. The van der Waals surface area contributed by atoms with Crippen molar-refractivity contribution in [1.82, 2.24) is 0 Å². The van der Waals surface area contributed by atoms with Crippen molar-refractivity contribution in [3.8, 4) is 17.2 Å². The predicted molar refractivity (Wildman–Crippen MR) is 112 cm³/mol. The van der Waals surface area contributed by atoms with Crippen molar-refractivity contribution < 1.29 is 19.7 Å². The molecule has 0 aliphatic carbocycles. The number of ether oxygens (including phenoxy) is 1. The van der Waals surface area contributed by atoms with Gasteiger partial charge in [0.1, 0.15) is 23.3 Å². The molecule has 5 nitrogen and oxygen atoms in total. The van der Waals surface area contributed by atoms with E-state index in [9.17, 15) is 9.90 Å². The Morgan fingerprint density at radius 1 is 1.13 bits per heavy atom. The van der Waals surface area contributed by atoms with Gasteiger partial charge in [-0.3, -0.25) is 4.79 Å². The zero-order chi connectivity index (χ0) is 17.1. The van der Waals surface area contributed by atoms with Gasteiger partial charge in [0.05, 0.1) is 11.1 Å². The highest BCUT2D eigenvalue weighted by Crippen LogP contribution is 2.34. The molecule has 4 N–H and O–H groups in total. The number of carboxylic acid groups (broad SMARTS) is 1. The molecule has 0 saturated carbocycles. The third-order valence-electron chi connectivity index (χ3n) is 3.03. The van der Waals surface area contributed by atoms with Crippen molar-refractivity contribution in [1.29, 1.82) is 0 Å². The summed E-state index contributed by atoms with van der Waals surface area (Å²) < 4.78 is 6.99. The summed E-state index contributed by atoms with van der Waals surface area (Å²) in [5.74, 6) is 0.459. The van der Waals surface area contributed by atoms with Gasteiger partial charge in [0.25, 0.3) is 0 Å². The molecule has 2 rings (SSSR count). The van der Waals surface area contributed by atoms with E-state index in [1.165, 1.54) is 0 Å². The van der Waals surface area contributed by atoms with E-state index in [2.05, 4.69) is 22.6 Å². The minimum absolute atomic E-state index is 0.216. The lowest BCUT2D eigenvalue weighted by Crippen LogP contribution is -2.33. The fourth-order valence-electron chi connectivity index (χ4n) is 1.78. The van der Waals surface area contributed by atoms with E-state index in [1.807, 2.05) is 45.2 Å². The van der Waals surface area contributed by atoms with Gasteiger partial charge in [0.2, 0.25) is 0 Å². The maximum absolute atomic E-state index is 10.9. The van der Waals surface area contributed by atoms with E-state index >= 15 is 0 Å². The summed E-state index contributed by atoms with van der Waals surface area (Å²) in [6, 6.07) is 9.57. The van der Waals surface area contributed by atoms with Crippen molar-refractivity contribution in [2.75, 3.05) is 0 Å². The number of nitrogens with two attached hydrogens (primary N) is 1. The molecule has 0 radical (unpaired) electrons. The van der Waals surface area contributed by atoms with Crippen LogP contribution in [-0.2, 0) is 4.79 Å². The van der Waals surface area contributed by atoms with E-state index in [-0.39, 0.29) is 9.67 Å². The van der Waals surface area contributed by atoms with Crippen molar-refractivity contribution in [2.24, 2.45) is 5.73 Å². The largest absolute Gasteiger partial charge is 0.507 e. The Morgan fingerprint density at radius 2 is 1.74 bits per heavy atom. The molecular weight excluding hydrogens is 639 g/mol. The number of rotatable bonds is 5. The SMILES string of the molecule is N[C@H](C(=O)O)[C@@H](I)c1ccc(Oc2cc(I)c(O)cc2I)cc1. The number of aliphatic carboxylic acids is 1. The number of carboxylic acids is 1. The van der Waals surface area contributed by atoms with Gasteiger partial charge < -0.3 is 20.7 Å². The predicted octanol–water partition coefficient (Wildman–Crippen LogP) is 4.28. The third-order valence-corrected chi connectivity index (χ3v) is 6.23. The first-order valence-corrected chi connectivity index (χ1v) is 9.78. The smallest absolute Gasteiger partial charge is 0.321 e. The summed E-state index contributed by atoms with van der Waals surface area (Å²) in [6.45, 7) is 0. The molecule has 8 heteroatoms. The maximum Gasteiger partial charge on any atom is 0.321 e. The second-order valence-electron chi connectivity index (χ2n) is 4.67. The quantitative estimate of drug-likeness (QED) is 0.332. The first-order chi connectivity index (χ1) is 10.8. The Balaban J connectivity index is 2.17. The average Bonchev–Trinajstić information content (AvgIpc) is 2.51. The highest BCUT2D eigenvalue weighted by Gasteiger charge is 2.23. The number of halogens is 3. The van der Waals surface area contributed by atoms with Gasteiger partial charge in [0.15, 0.2) is 0 Å². The molecule has 0 fully saturated rings. The topological polar surface area (TPSA) is 92.8 Å². The molecule has 0 aliphatic heterocycles. The number of hydrogen-bond donors (Lipinski definition) is 3. The highest BCUT2D eigenvalue weighted by molar-refractivity contribution is 14.1. The monoisotopic (exact) mass is 651 g/mol. The van der Waals surface area contributed by atoms with Crippen molar-refractivity contribution in [3.63, 3.8) is 0 Å². The summed E-state index contributed by atoms with van der Waals surface area (Å²) >= 11 is 6.14. The first-order valence-electron chi connectivity index (χ1n) is 6.38. The molecule has 0 heterocycles. The molecule has 0 saturated heterocycles. The van der Waals surface area contributed by atoms with Crippen LogP contribution < -0.4 is 10.5 Å². The number of alkyl halides is 1. The van der Waals surface area contributed by atoms with Crippen LogP contribution in [0.25, 0.3) is 0 Å². The van der Waals surface area contributed by atoms with Gasteiger partial charge in [-0.1, -0.05) is 34.7 Å². The number of carbonyl (C=O) groups is 1. The minimum Gasteiger partial charge on any atom is -0.507 e. The van der Waals surface area contributed by atoms with Gasteiger partial charge in [0, 0.05) is 0 Å². The number of benzene rings is 2. The lowest BCUT2D eigenvalue weighted by molar-refractivity contribution is -0.138. The van der Waals surface area contributed by atoms with Crippen LogP contribution in [-0.4, -0.2) is 22.2 Å². The van der Waals surface area contributed by atoms with Gasteiger partial charge in [-0.15, -0.1) is 0 Å². The third kappa shape index (κ3) is 4.82. The van der Waals surface area contributed by atoms with E-state index < -0.39 is 12.0 Å². The standard InChI is InChI=1S/C15H12I3NO4/c16-9-6-12(10(17)5-11(9)20)23-8-3-1-7(2-4-8)13(18)14(19)15(21)22/h1-6,13-14,20H,19H2,(H,21,22)/t13-,14-/m0/s1. The summed E-state index contributed by atoms with van der Waals surface area (Å²) in [7, 11) is 0. The first kappa shape index (κ1) is 19.0. The minimum atomic E-state index is -1.03. The maximum atomic E-state index is 10.9. The number of hydrogen-bond acceptors (Lipinski definition) is 4. The van der Waals surface area contributed by atoms with Crippen molar-refractivity contribution in [2.45, 2.75) is 9.97 Å². The van der Waals surface area contributed by atoms with Crippen LogP contribution in [0.15, 0.2) is 36.4 Å². The van der Waals surface area contributed by atoms with Gasteiger partial charge in [-0.25, -0.2) is 0 Å². The summed E-state index contributed by atoms with van der Waals surface area (Å²) in [6.07, 6.45) is 0. The van der Waals surface area contributed by atoms with Crippen LogP contribution in [0.4, 0.5) is 0 Å². The van der Waals surface area contributed by atoms with Gasteiger partial charge in [-0.05, 0) is 75.0 Å². The van der Waals surface area contributed by atoms with E-state index in [0.717, 1.165) is 9.13 Å². The lowest BCUT2D eigenvalue weighted by Gasteiger charge is -2.15. The molecule has 0 bridgehead atoms.